The number of hydrogen-bond acceptors (Lipinski definition) is 3. The van der Waals surface area contributed by atoms with E-state index in [4.69, 9.17) is 11.6 Å². The molecule has 2 amide bonds. The van der Waals surface area contributed by atoms with Crippen LogP contribution in [-0.2, 0) is 11.2 Å². The Morgan fingerprint density at radius 2 is 1.78 bits per heavy atom. The normalized spacial score (nSPS) is 10.4. The van der Waals surface area contributed by atoms with E-state index in [1.54, 1.807) is 6.07 Å². The molecule has 0 spiro atoms. The van der Waals surface area contributed by atoms with Gasteiger partial charge in [0.2, 0.25) is 5.91 Å². The number of rotatable bonds is 6. The van der Waals surface area contributed by atoms with Gasteiger partial charge < -0.3 is 10.6 Å². The van der Waals surface area contributed by atoms with Crippen molar-refractivity contribution in [3.63, 3.8) is 0 Å². The van der Waals surface area contributed by atoms with Crippen LogP contribution in [-0.4, -0.2) is 28.1 Å². The zero-order chi connectivity index (χ0) is 19.2. The van der Waals surface area contributed by atoms with Crippen LogP contribution < -0.4 is 10.6 Å². The van der Waals surface area contributed by atoms with E-state index >= 15 is 0 Å². The summed E-state index contributed by atoms with van der Waals surface area (Å²) in [4.78, 5) is 23.9. The molecule has 3 aromatic rings. The monoisotopic (exact) mass is 382 g/mol. The smallest absolute Gasteiger partial charge is 0.271 e. The third-order valence-corrected chi connectivity index (χ3v) is 4.11. The van der Waals surface area contributed by atoms with Gasteiger partial charge in [0.25, 0.3) is 5.91 Å². The second kappa shape index (κ2) is 8.51. The van der Waals surface area contributed by atoms with Crippen molar-refractivity contribution in [2.45, 2.75) is 13.3 Å². The Kier molecular flexibility index (Phi) is 5.88. The summed E-state index contributed by atoms with van der Waals surface area (Å²) in [5.74, 6) is -0.0939. The van der Waals surface area contributed by atoms with Gasteiger partial charge in [-0.1, -0.05) is 41.9 Å². The van der Waals surface area contributed by atoms with Crippen molar-refractivity contribution in [1.82, 2.24) is 15.1 Å². The maximum absolute atomic E-state index is 12.5. The molecule has 138 valence electrons. The molecule has 0 aliphatic heterocycles. The third-order valence-electron chi connectivity index (χ3n) is 3.86. The second-order valence-corrected chi connectivity index (χ2v) is 6.41. The van der Waals surface area contributed by atoms with E-state index in [0.29, 0.717) is 23.8 Å². The van der Waals surface area contributed by atoms with Crippen LogP contribution in [0.5, 0.6) is 0 Å². The molecule has 1 heterocycles. The maximum Gasteiger partial charge on any atom is 0.271 e. The summed E-state index contributed by atoms with van der Waals surface area (Å²) in [6.07, 6.45) is 0.681. The number of hydrogen-bond donors (Lipinski definition) is 2. The summed E-state index contributed by atoms with van der Waals surface area (Å²) in [7, 11) is 0. The van der Waals surface area contributed by atoms with Crippen molar-refractivity contribution in [2.24, 2.45) is 0 Å². The van der Waals surface area contributed by atoms with Crippen LogP contribution in [0.4, 0.5) is 5.82 Å². The van der Waals surface area contributed by atoms with Crippen molar-refractivity contribution >= 4 is 29.2 Å². The van der Waals surface area contributed by atoms with E-state index in [9.17, 15) is 9.59 Å². The first-order valence-electron chi connectivity index (χ1n) is 8.48. The number of amides is 2. The maximum atomic E-state index is 12.5. The van der Waals surface area contributed by atoms with Crippen molar-refractivity contribution in [2.75, 3.05) is 11.9 Å². The zero-order valence-corrected chi connectivity index (χ0v) is 15.5. The Balaban J connectivity index is 1.71. The SMILES string of the molecule is CC(=O)Nc1cc(C(=O)NCCc2ccc(Cl)cc2)nn1-c1ccccc1. The predicted molar refractivity (Wildman–Crippen MR) is 105 cm³/mol. The highest BCUT2D eigenvalue weighted by Gasteiger charge is 2.16. The van der Waals surface area contributed by atoms with Gasteiger partial charge in [-0.2, -0.15) is 5.10 Å². The molecule has 1 aromatic heterocycles. The van der Waals surface area contributed by atoms with Gasteiger partial charge in [-0.25, -0.2) is 4.68 Å². The minimum absolute atomic E-state index is 0.234. The molecule has 0 aliphatic carbocycles. The van der Waals surface area contributed by atoms with E-state index in [1.807, 2.05) is 54.6 Å². The molecule has 6 nitrogen and oxygen atoms in total. The lowest BCUT2D eigenvalue weighted by Crippen LogP contribution is -2.26. The number of carbonyl (C=O) groups is 2. The van der Waals surface area contributed by atoms with Crippen molar-refractivity contribution < 1.29 is 9.59 Å². The molecule has 7 heteroatoms. The van der Waals surface area contributed by atoms with Gasteiger partial charge in [-0.3, -0.25) is 9.59 Å². The number of nitrogens with one attached hydrogen (secondary N) is 2. The number of anilines is 1. The summed E-state index contributed by atoms with van der Waals surface area (Å²) < 4.78 is 1.54. The second-order valence-electron chi connectivity index (χ2n) is 5.98. The van der Waals surface area contributed by atoms with Crippen LogP contribution in [0.3, 0.4) is 0 Å². The topological polar surface area (TPSA) is 76.0 Å². The standard InChI is InChI=1S/C20H19ClN4O2/c1-14(26)23-19-13-18(24-25(19)17-5-3-2-4-6-17)20(27)22-12-11-15-7-9-16(21)10-8-15/h2-10,13H,11-12H2,1H3,(H,22,27)(H,23,26). The van der Waals surface area contributed by atoms with Crippen LogP contribution in [0.2, 0.25) is 5.02 Å². The molecule has 0 fully saturated rings. The molecule has 0 saturated heterocycles. The lowest BCUT2D eigenvalue weighted by atomic mass is 10.1. The lowest BCUT2D eigenvalue weighted by molar-refractivity contribution is -0.114. The quantitative estimate of drug-likeness (QED) is 0.685. The molecule has 2 aromatic carbocycles. The summed E-state index contributed by atoms with van der Waals surface area (Å²) in [5.41, 5.74) is 2.06. The fourth-order valence-electron chi connectivity index (χ4n) is 2.59. The molecule has 3 rings (SSSR count). The van der Waals surface area contributed by atoms with Crippen molar-refractivity contribution in [3.8, 4) is 5.69 Å². The molecular formula is C20H19ClN4O2. The third kappa shape index (κ3) is 4.95. The Morgan fingerprint density at radius 1 is 1.07 bits per heavy atom. The van der Waals surface area contributed by atoms with Crippen LogP contribution in [0, 0.1) is 0 Å². The molecule has 0 saturated carbocycles. The van der Waals surface area contributed by atoms with E-state index < -0.39 is 0 Å². The Labute approximate surface area is 162 Å². The summed E-state index contributed by atoms with van der Waals surface area (Å²) >= 11 is 5.87. The molecular weight excluding hydrogens is 364 g/mol. The Morgan fingerprint density at radius 3 is 2.44 bits per heavy atom. The first-order valence-corrected chi connectivity index (χ1v) is 8.86. The highest BCUT2D eigenvalue weighted by Crippen LogP contribution is 2.17. The minimum atomic E-state index is -0.301. The van der Waals surface area contributed by atoms with Gasteiger partial charge >= 0.3 is 0 Å². The van der Waals surface area contributed by atoms with Crippen molar-refractivity contribution in [1.29, 1.82) is 0 Å². The van der Waals surface area contributed by atoms with Crippen LogP contribution in [0.15, 0.2) is 60.7 Å². The largest absolute Gasteiger partial charge is 0.350 e. The Hall–Kier alpha value is -3.12. The lowest BCUT2D eigenvalue weighted by Gasteiger charge is -2.06. The summed E-state index contributed by atoms with van der Waals surface area (Å²) in [5, 5.41) is 10.6. The molecule has 0 bridgehead atoms. The van der Waals surface area contributed by atoms with Crippen LogP contribution in [0.25, 0.3) is 5.69 Å². The number of carbonyl (C=O) groups excluding carboxylic acids is 2. The highest BCUT2D eigenvalue weighted by molar-refractivity contribution is 6.30. The first-order chi connectivity index (χ1) is 13.0. The van der Waals surface area contributed by atoms with Gasteiger partial charge in [0, 0.05) is 24.6 Å². The molecule has 27 heavy (non-hydrogen) atoms. The van der Waals surface area contributed by atoms with Gasteiger partial charge in [0.15, 0.2) is 5.69 Å². The first kappa shape index (κ1) is 18.7. The highest BCUT2D eigenvalue weighted by atomic mass is 35.5. The van der Waals surface area contributed by atoms with E-state index in [-0.39, 0.29) is 17.5 Å². The van der Waals surface area contributed by atoms with Gasteiger partial charge in [-0.15, -0.1) is 0 Å². The molecule has 0 radical (unpaired) electrons. The molecule has 0 unspecified atom stereocenters. The van der Waals surface area contributed by atoms with Crippen LogP contribution in [0.1, 0.15) is 23.0 Å². The molecule has 0 atom stereocenters. The average Bonchev–Trinajstić information content (AvgIpc) is 3.07. The van der Waals surface area contributed by atoms with E-state index in [1.165, 1.54) is 11.6 Å². The average molecular weight is 383 g/mol. The molecule has 2 N–H and O–H groups in total. The minimum Gasteiger partial charge on any atom is -0.350 e. The molecule has 0 aliphatic rings. The number of benzene rings is 2. The Bertz CT molecular complexity index is 936. The predicted octanol–water partition coefficient (Wildman–Crippen LogP) is 3.46. The summed E-state index contributed by atoms with van der Waals surface area (Å²) in [6, 6.07) is 18.4. The number of aromatic nitrogens is 2. The fourth-order valence-corrected chi connectivity index (χ4v) is 2.72. The zero-order valence-electron chi connectivity index (χ0n) is 14.8. The number of nitrogens with zero attached hydrogens (tertiary/aromatic N) is 2. The number of halogens is 1. The van der Waals surface area contributed by atoms with Gasteiger partial charge in [0.05, 0.1) is 5.69 Å². The van der Waals surface area contributed by atoms with Gasteiger partial charge in [-0.05, 0) is 36.2 Å². The fraction of sp³-hybridized carbons (Fsp3) is 0.150. The van der Waals surface area contributed by atoms with E-state index in [0.717, 1.165) is 11.3 Å². The van der Waals surface area contributed by atoms with Crippen molar-refractivity contribution in [3.05, 3.63) is 76.9 Å². The van der Waals surface area contributed by atoms with E-state index in [2.05, 4.69) is 15.7 Å². The summed E-state index contributed by atoms with van der Waals surface area (Å²) in [6.45, 7) is 1.88. The van der Waals surface area contributed by atoms with Crippen LogP contribution >= 0.6 is 11.6 Å². The van der Waals surface area contributed by atoms with Gasteiger partial charge in [0.1, 0.15) is 5.82 Å². The number of para-hydroxylation sites is 1.